The Morgan fingerprint density at radius 1 is 1.59 bits per heavy atom. The second-order valence-corrected chi connectivity index (χ2v) is 5.27. The number of halogens is 1. The van der Waals surface area contributed by atoms with Gasteiger partial charge < -0.3 is 14.6 Å². The van der Waals surface area contributed by atoms with Crippen LogP contribution in [0.5, 0.6) is 5.75 Å². The van der Waals surface area contributed by atoms with Crippen molar-refractivity contribution in [3.05, 3.63) is 22.7 Å². The molecule has 0 saturated carbocycles. The van der Waals surface area contributed by atoms with Gasteiger partial charge in [-0.3, -0.25) is 4.79 Å². The summed E-state index contributed by atoms with van der Waals surface area (Å²) in [5.74, 6) is 0.209. The van der Waals surface area contributed by atoms with Gasteiger partial charge in [-0.05, 0) is 23.3 Å². The van der Waals surface area contributed by atoms with Gasteiger partial charge in [0.05, 0.1) is 18.4 Å². The van der Waals surface area contributed by atoms with Crippen molar-refractivity contribution in [1.29, 1.82) is 0 Å². The number of methoxy groups -OCH3 is 1. The minimum atomic E-state index is -1.17. The predicted octanol–water partition coefficient (Wildman–Crippen LogP) is 1.95. The van der Waals surface area contributed by atoms with Crippen molar-refractivity contribution < 1.29 is 14.1 Å². The third kappa shape index (κ3) is 3.52. The fourth-order valence-corrected chi connectivity index (χ4v) is 2.18. The summed E-state index contributed by atoms with van der Waals surface area (Å²) in [6.07, 6.45) is 1.49. The van der Waals surface area contributed by atoms with Gasteiger partial charge in [0, 0.05) is 18.3 Å². The molecule has 1 unspecified atom stereocenters. The smallest absolute Gasteiger partial charge is 0.214 e. The van der Waals surface area contributed by atoms with E-state index in [-0.39, 0.29) is 11.5 Å². The van der Waals surface area contributed by atoms with Gasteiger partial charge in [0.25, 0.3) is 0 Å². The molecule has 0 aliphatic rings. The van der Waals surface area contributed by atoms with E-state index in [1.54, 1.807) is 19.2 Å². The second kappa shape index (κ2) is 6.14. The molecule has 6 heteroatoms. The number of Topliss-reactive ketones (excluding diaryl/α,β-unsaturated/α-hetero) is 1. The number of carbonyl (C=O) groups is 1. The highest BCUT2D eigenvalue weighted by Gasteiger charge is 2.18. The molecule has 0 aliphatic heterocycles. The molecule has 17 heavy (non-hydrogen) atoms. The summed E-state index contributed by atoms with van der Waals surface area (Å²) in [6, 6.07) is 3.18. The van der Waals surface area contributed by atoms with Crippen molar-refractivity contribution in [2.24, 2.45) is 0 Å². The van der Waals surface area contributed by atoms with Crippen molar-refractivity contribution in [1.82, 2.24) is 0 Å². The molecule has 0 radical (unpaired) electrons. The molecule has 0 heterocycles. The number of rotatable bonds is 5. The molecule has 1 N–H and O–H groups in total. The van der Waals surface area contributed by atoms with Crippen molar-refractivity contribution in [2.75, 3.05) is 31.5 Å². The number of nitrogens with one attached hydrogen (secondary N) is 1. The van der Waals surface area contributed by atoms with Crippen LogP contribution in [0.4, 0.5) is 5.69 Å². The maximum Gasteiger partial charge on any atom is 0.214 e. The summed E-state index contributed by atoms with van der Waals surface area (Å²) < 4.78 is 16.1. The summed E-state index contributed by atoms with van der Waals surface area (Å²) >= 11 is 4.78. The van der Waals surface area contributed by atoms with E-state index in [0.717, 1.165) is 0 Å². The van der Waals surface area contributed by atoms with Crippen molar-refractivity contribution in [2.45, 2.75) is 0 Å². The Morgan fingerprint density at radius 3 is 2.71 bits per heavy atom. The zero-order chi connectivity index (χ0) is 13.0. The molecule has 4 nitrogen and oxygen atoms in total. The molecule has 0 fully saturated rings. The van der Waals surface area contributed by atoms with Crippen LogP contribution in [0.1, 0.15) is 10.4 Å². The van der Waals surface area contributed by atoms with Crippen LogP contribution in [0.25, 0.3) is 0 Å². The molecule has 1 atom stereocenters. The van der Waals surface area contributed by atoms with Crippen molar-refractivity contribution in [3.63, 3.8) is 0 Å². The molecule has 1 rings (SSSR count). The summed E-state index contributed by atoms with van der Waals surface area (Å²) in [7, 11) is 3.17. The topological polar surface area (TPSA) is 61.4 Å². The van der Waals surface area contributed by atoms with Crippen LogP contribution in [0.15, 0.2) is 12.1 Å². The molecule has 0 saturated heterocycles. The number of ketones is 1. The Balaban J connectivity index is 3.16. The Bertz CT molecular complexity index is 423. The van der Waals surface area contributed by atoms with Crippen LogP contribution in [-0.2, 0) is 11.2 Å². The largest absolute Gasteiger partial charge is 0.616 e. The summed E-state index contributed by atoms with van der Waals surface area (Å²) in [5, 5.41) is 3.30. The highest BCUT2D eigenvalue weighted by atomic mass is 35.5. The quantitative estimate of drug-likeness (QED) is 0.659. The summed E-state index contributed by atoms with van der Waals surface area (Å²) in [4.78, 5) is 11.9. The monoisotopic (exact) mass is 275 g/mol. The van der Waals surface area contributed by atoms with E-state index in [9.17, 15) is 9.35 Å². The van der Waals surface area contributed by atoms with Gasteiger partial charge in [0.2, 0.25) is 5.78 Å². The first-order chi connectivity index (χ1) is 7.99. The van der Waals surface area contributed by atoms with Gasteiger partial charge >= 0.3 is 0 Å². The van der Waals surface area contributed by atoms with Crippen LogP contribution in [0.3, 0.4) is 0 Å². The lowest BCUT2D eigenvalue weighted by atomic mass is 10.1. The predicted molar refractivity (Wildman–Crippen MR) is 70.8 cm³/mol. The van der Waals surface area contributed by atoms with E-state index >= 15 is 0 Å². The first kappa shape index (κ1) is 14.2. The number of carbonyl (C=O) groups excluding carboxylic acids is 1. The molecule has 0 amide bonds. The van der Waals surface area contributed by atoms with Gasteiger partial charge in [-0.25, -0.2) is 0 Å². The maximum atomic E-state index is 11.9. The van der Waals surface area contributed by atoms with Crippen molar-refractivity contribution >= 4 is 34.2 Å². The number of hydrogen-bond acceptors (Lipinski definition) is 4. The van der Waals surface area contributed by atoms with Gasteiger partial charge in [0.15, 0.2) is 5.75 Å². The van der Waals surface area contributed by atoms with Gasteiger partial charge in [0.1, 0.15) is 5.75 Å². The lowest BCUT2D eigenvalue weighted by Crippen LogP contribution is -2.16. The van der Waals surface area contributed by atoms with Crippen LogP contribution in [0.2, 0.25) is 5.02 Å². The fraction of sp³-hybridized carbons (Fsp3) is 0.364. The number of hydrogen-bond donors (Lipinski definition) is 1. The number of ether oxygens (including phenoxy) is 1. The molecule has 0 bridgehead atoms. The van der Waals surface area contributed by atoms with Gasteiger partial charge in [-0.15, -0.1) is 0 Å². The first-order valence-corrected chi connectivity index (χ1v) is 6.98. The standard InChI is InChI=1S/C11H14ClNO3S/c1-13-9-5-8(12)11(16-2)4-7(9)10(14)6-17(3)15/h4-5,13H,6H2,1-3H3. The number of anilines is 1. The Morgan fingerprint density at radius 2 is 2.24 bits per heavy atom. The third-order valence-corrected chi connectivity index (χ3v) is 3.16. The minimum Gasteiger partial charge on any atom is -0.616 e. The zero-order valence-corrected chi connectivity index (χ0v) is 11.4. The van der Waals surface area contributed by atoms with E-state index in [1.165, 1.54) is 13.4 Å². The highest BCUT2D eigenvalue weighted by molar-refractivity contribution is 7.91. The molecule has 0 aromatic heterocycles. The molecular weight excluding hydrogens is 262 g/mol. The molecule has 94 valence electrons. The number of benzene rings is 1. The lowest BCUT2D eigenvalue weighted by molar-refractivity contribution is 0.102. The normalized spacial score (nSPS) is 12.1. The third-order valence-electron chi connectivity index (χ3n) is 2.20. The summed E-state index contributed by atoms with van der Waals surface area (Å²) in [6.45, 7) is 0. The average molecular weight is 276 g/mol. The second-order valence-electron chi connectivity index (χ2n) is 3.42. The SMILES string of the molecule is CNc1cc(Cl)c(OC)cc1C(=O)C[S+](C)[O-]. The first-order valence-electron chi connectivity index (χ1n) is 4.88. The zero-order valence-electron chi connectivity index (χ0n) is 9.87. The fourth-order valence-electron chi connectivity index (χ4n) is 1.41. The molecule has 0 aliphatic carbocycles. The minimum absolute atomic E-state index is 0.0144. The average Bonchev–Trinajstić information content (AvgIpc) is 2.27. The molecular formula is C11H14ClNO3S. The van der Waals surface area contributed by atoms with E-state index in [0.29, 0.717) is 22.0 Å². The Hall–Kier alpha value is -0.910. The molecule has 0 spiro atoms. The van der Waals surface area contributed by atoms with Gasteiger partial charge in [-0.1, -0.05) is 11.6 Å². The van der Waals surface area contributed by atoms with Crippen LogP contribution >= 0.6 is 11.6 Å². The van der Waals surface area contributed by atoms with Gasteiger partial charge in [-0.2, -0.15) is 0 Å². The van der Waals surface area contributed by atoms with Crippen LogP contribution in [-0.4, -0.2) is 36.5 Å². The van der Waals surface area contributed by atoms with E-state index in [2.05, 4.69) is 5.32 Å². The van der Waals surface area contributed by atoms with E-state index < -0.39 is 11.2 Å². The summed E-state index contributed by atoms with van der Waals surface area (Å²) in [5.41, 5.74) is 1.04. The maximum absolute atomic E-state index is 11.9. The highest BCUT2D eigenvalue weighted by Crippen LogP contribution is 2.31. The molecule has 1 aromatic carbocycles. The lowest BCUT2D eigenvalue weighted by Gasteiger charge is -2.12. The van der Waals surface area contributed by atoms with Crippen LogP contribution in [0, 0.1) is 0 Å². The molecule has 1 aromatic rings. The van der Waals surface area contributed by atoms with E-state index in [4.69, 9.17) is 16.3 Å². The Kier molecular flexibility index (Phi) is 5.11. The van der Waals surface area contributed by atoms with Crippen molar-refractivity contribution in [3.8, 4) is 5.75 Å². The van der Waals surface area contributed by atoms with E-state index in [1.807, 2.05) is 0 Å². The Labute approximate surface area is 108 Å². The van der Waals surface area contributed by atoms with Crippen LogP contribution < -0.4 is 10.1 Å².